The molecule has 2 heterocycles. The summed E-state index contributed by atoms with van der Waals surface area (Å²) >= 11 is 3.43. The minimum atomic E-state index is 0.0330. The van der Waals surface area contributed by atoms with E-state index in [1.54, 1.807) is 10.9 Å². The maximum absolute atomic E-state index is 12.8. The summed E-state index contributed by atoms with van der Waals surface area (Å²) in [6.45, 7) is 6.15. The van der Waals surface area contributed by atoms with Gasteiger partial charge in [-0.15, -0.1) is 0 Å². The van der Waals surface area contributed by atoms with Crippen LogP contribution in [-0.2, 0) is 0 Å². The lowest BCUT2D eigenvalue weighted by atomic mass is 9.90. The first-order valence-corrected chi connectivity index (χ1v) is 8.53. The first-order chi connectivity index (χ1) is 10.9. The lowest BCUT2D eigenvalue weighted by molar-refractivity contribution is 0.0776. The SMILES string of the molecule is Cc1c(C(=O)N2CCC(C)(CN)C2)cnn1-c1ccc(Br)cc1. The number of rotatable bonds is 3. The third kappa shape index (κ3) is 3.05. The largest absolute Gasteiger partial charge is 0.338 e. The topological polar surface area (TPSA) is 64.2 Å². The van der Waals surface area contributed by atoms with E-state index in [0.717, 1.165) is 28.8 Å². The molecular formula is C17H21BrN4O. The van der Waals surface area contributed by atoms with Gasteiger partial charge in [0.1, 0.15) is 0 Å². The number of hydrogen-bond acceptors (Lipinski definition) is 3. The molecule has 1 aromatic heterocycles. The summed E-state index contributed by atoms with van der Waals surface area (Å²) in [6.07, 6.45) is 2.62. The normalized spacial score (nSPS) is 21.0. The number of carbonyl (C=O) groups excluding carboxylic acids is 1. The van der Waals surface area contributed by atoms with Crippen LogP contribution in [0.5, 0.6) is 0 Å². The summed E-state index contributed by atoms with van der Waals surface area (Å²) in [6, 6.07) is 7.87. The Hall–Kier alpha value is -1.66. The second-order valence-corrected chi connectivity index (χ2v) is 7.44. The van der Waals surface area contributed by atoms with Crippen LogP contribution in [0.25, 0.3) is 5.69 Å². The summed E-state index contributed by atoms with van der Waals surface area (Å²) in [7, 11) is 0. The fourth-order valence-electron chi connectivity index (χ4n) is 3.00. The minimum Gasteiger partial charge on any atom is -0.338 e. The predicted octanol–water partition coefficient (Wildman–Crippen LogP) is 2.75. The van der Waals surface area contributed by atoms with E-state index in [9.17, 15) is 4.79 Å². The van der Waals surface area contributed by atoms with Crippen molar-refractivity contribution >= 4 is 21.8 Å². The molecule has 1 aromatic carbocycles. The third-order valence-electron chi connectivity index (χ3n) is 4.65. The summed E-state index contributed by atoms with van der Waals surface area (Å²) in [5.74, 6) is 0.0445. The summed E-state index contributed by atoms with van der Waals surface area (Å²) < 4.78 is 2.82. The van der Waals surface area contributed by atoms with Crippen molar-refractivity contribution in [3.63, 3.8) is 0 Å². The third-order valence-corrected chi connectivity index (χ3v) is 5.18. The highest BCUT2D eigenvalue weighted by atomic mass is 79.9. The predicted molar refractivity (Wildman–Crippen MR) is 93.7 cm³/mol. The van der Waals surface area contributed by atoms with Gasteiger partial charge in [0.15, 0.2) is 0 Å². The van der Waals surface area contributed by atoms with Crippen LogP contribution >= 0.6 is 15.9 Å². The van der Waals surface area contributed by atoms with Crippen molar-refractivity contribution < 1.29 is 4.79 Å². The van der Waals surface area contributed by atoms with Crippen LogP contribution in [0.2, 0.25) is 0 Å². The molecule has 0 aliphatic carbocycles. The molecule has 6 heteroatoms. The molecule has 1 saturated heterocycles. The van der Waals surface area contributed by atoms with E-state index in [-0.39, 0.29) is 11.3 Å². The number of nitrogens with two attached hydrogens (primary N) is 1. The van der Waals surface area contributed by atoms with E-state index in [1.807, 2.05) is 36.1 Å². The Morgan fingerprint density at radius 1 is 1.39 bits per heavy atom. The van der Waals surface area contributed by atoms with E-state index < -0.39 is 0 Å². The molecule has 0 saturated carbocycles. The molecular weight excluding hydrogens is 356 g/mol. The maximum Gasteiger partial charge on any atom is 0.257 e. The van der Waals surface area contributed by atoms with Crippen molar-refractivity contribution in [3.05, 3.63) is 46.2 Å². The summed E-state index contributed by atoms with van der Waals surface area (Å²) in [5, 5.41) is 4.39. The van der Waals surface area contributed by atoms with Crippen molar-refractivity contribution in [2.24, 2.45) is 11.1 Å². The van der Waals surface area contributed by atoms with E-state index >= 15 is 0 Å². The van der Waals surface area contributed by atoms with Gasteiger partial charge in [-0.1, -0.05) is 22.9 Å². The molecule has 122 valence electrons. The number of amides is 1. The van der Waals surface area contributed by atoms with Gasteiger partial charge in [0.05, 0.1) is 23.1 Å². The van der Waals surface area contributed by atoms with Crippen molar-refractivity contribution in [3.8, 4) is 5.69 Å². The average molecular weight is 377 g/mol. The van der Waals surface area contributed by atoms with Crippen LogP contribution < -0.4 is 5.73 Å². The fraction of sp³-hybridized carbons (Fsp3) is 0.412. The number of halogens is 1. The monoisotopic (exact) mass is 376 g/mol. The van der Waals surface area contributed by atoms with Crippen molar-refractivity contribution in [2.45, 2.75) is 20.3 Å². The number of hydrogen-bond donors (Lipinski definition) is 1. The smallest absolute Gasteiger partial charge is 0.257 e. The zero-order valence-corrected chi connectivity index (χ0v) is 15.0. The van der Waals surface area contributed by atoms with Crippen LogP contribution in [0.4, 0.5) is 0 Å². The molecule has 0 spiro atoms. The van der Waals surface area contributed by atoms with Crippen LogP contribution in [0.15, 0.2) is 34.9 Å². The average Bonchev–Trinajstić information content (AvgIpc) is 3.12. The van der Waals surface area contributed by atoms with E-state index in [1.165, 1.54) is 0 Å². The fourth-order valence-corrected chi connectivity index (χ4v) is 3.26. The molecule has 23 heavy (non-hydrogen) atoms. The van der Waals surface area contributed by atoms with Crippen molar-refractivity contribution in [2.75, 3.05) is 19.6 Å². The molecule has 5 nitrogen and oxygen atoms in total. The van der Waals surface area contributed by atoms with Gasteiger partial charge in [-0.3, -0.25) is 4.79 Å². The number of benzene rings is 1. The quantitative estimate of drug-likeness (QED) is 0.895. The molecule has 0 bridgehead atoms. The van der Waals surface area contributed by atoms with Gasteiger partial charge in [0, 0.05) is 17.6 Å². The molecule has 3 rings (SSSR count). The van der Waals surface area contributed by atoms with Crippen LogP contribution in [0.1, 0.15) is 29.4 Å². The Kier molecular flexibility index (Phi) is 4.29. The Morgan fingerprint density at radius 2 is 2.09 bits per heavy atom. The van der Waals surface area contributed by atoms with Crippen LogP contribution in [0.3, 0.4) is 0 Å². The van der Waals surface area contributed by atoms with Gasteiger partial charge in [0.2, 0.25) is 0 Å². The molecule has 1 fully saturated rings. The molecule has 2 aromatic rings. The number of aromatic nitrogens is 2. The highest BCUT2D eigenvalue weighted by Crippen LogP contribution is 2.30. The van der Waals surface area contributed by atoms with Crippen LogP contribution in [0, 0.1) is 12.3 Å². The molecule has 2 N–H and O–H groups in total. The van der Waals surface area contributed by atoms with E-state index in [4.69, 9.17) is 5.73 Å². The van der Waals surface area contributed by atoms with Gasteiger partial charge in [0.25, 0.3) is 5.91 Å². The maximum atomic E-state index is 12.8. The Labute approximate surface area is 144 Å². The second kappa shape index (κ2) is 6.09. The summed E-state index contributed by atoms with van der Waals surface area (Å²) in [5.41, 5.74) is 8.33. The number of nitrogens with zero attached hydrogens (tertiary/aromatic N) is 3. The Balaban J connectivity index is 1.85. The molecule has 1 atom stereocenters. The molecule has 0 radical (unpaired) electrons. The minimum absolute atomic E-state index is 0.0330. The molecule has 1 aliphatic rings. The number of carbonyl (C=O) groups is 1. The highest BCUT2D eigenvalue weighted by molar-refractivity contribution is 9.10. The van der Waals surface area contributed by atoms with Gasteiger partial charge in [-0.05, 0) is 49.6 Å². The van der Waals surface area contributed by atoms with E-state index in [2.05, 4.69) is 28.0 Å². The second-order valence-electron chi connectivity index (χ2n) is 6.52. The zero-order chi connectivity index (χ0) is 16.6. The van der Waals surface area contributed by atoms with E-state index in [0.29, 0.717) is 18.7 Å². The lowest BCUT2D eigenvalue weighted by Gasteiger charge is -2.22. The molecule has 1 amide bonds. The molecule has 1 aliphatic heterocycles. The van der Waals surface area contributed by atoms with Crippen LogP contribution in [-0.4, -0.2) is 40.2 Å². The van der Waals surface area contributed by atoms with Crippen molar-refractivity contribution in [1.29, 1.82) is 0 Å². The first kappa shape index (κ1) is 16.2. The first-order valence-electron chi connectivity index (χ1n) is 7.73. The highest BCUT2D eigenvalue weighted by Gasteiger charge is 2.36. The van der Waals surface area contributed by atoms with Gasteiger partial charge in [-0.25, -0.2) is 4.68 Å². The molecule has 1 unspecified atom stereocenters. The lowest BCUT2D eigenvalue weighted by Crippen LogP contribution is -2.34. The number of likely N-dealkylation sites (tertiary alicyclic amines) is 1. The van der Waals surface area contributed by atoms with Gasteiger partial charge >= 0.3 is 0 Å². The summed E-state index contributed by atoms with van der Waals surface area (Å²) in [4.78, 5) is 14.7. The zero-order valence-electron chi connectivity index (χ0n) is 13.4. The van der Waals surface area contributed by atoms with Gasteiger partial charge in [-0.2, -0.15) is 5.10 Å². The standard InChI is InChI=1S/C17H21BrN4O/c1-12-15(16(23)21-8-7-17(2,10-19)11-21)9-20-22(12)14-5-3-13(18)4-6-14/h3-6,9H,7-8,10-11,19H2,1-2H3. The van der Waals surface area contributed by atoms with Crippen molar-refractivity contribution in [1.82, 2.24) is 14.7 Å². The Morgan fingerprint density at radius 3 is 2.70 bits per heavy atom. The Bertz CT molecular complexity index is 725. The van der Waals surface area contributed by atoms with Gasteiger partial charge < -0.3 is 10.6 Å².